The molecule has 1 aliphatic heterocycles. The zero-order chi connectivity index (χ0) is 21.1. The minimum Gasteiger partial charge on any atom is -0.547 e. The molecule has 0 spiro atoms. The summed E-state index contributed by atoms with van der Waals surface area (Å²) in [5.74, 6) is -0.0653. The van der Waals surface area contributed by atoms with E-state index in [4.69, 9.17) is 13.9 Å². The first-order valence-corrected chi connectivity index (χ1v) is 14.0. The third kappa shape index (κ3) is 5.22. The van der Waals surface area contributed by atoms with E-state index in [0.29, 0.717) is 5.76 Å². The lowest BCUT2D eigenvalue weighted by Gasteiger charge is -2.38. The number of carbonyl (C=O) groups excluding carboxylic acids is 1. The fourth-order valence-corrected chi connectivity index (χ4v) is 5.54. The van der Waals surface area contributed by atoms with Crippen LogP contribution in [0.1, 0.15) is 18.9 Å². The standard InChI is InChI=1S/C19H29NO6SSi/c1-7-25-19(21)17-12-15(26-28(4,5)6)13-18(24-3)20(17)27(22,23)16-10-8-14(2)9-11-16/h8-11,13,17-18H,7,12H2,1-6H3. The second-order valence-corrected chi connectivity index (χ2v) is 13.9. The number of carbonyl (C=O) groups is 1. The molecular weight excluding hydrogens is 398 g/mol. The topological polar surface area (TPSA) is 82.1 Å². The lowest BCUT2D eigenvalue weighted by atomic mass is 10.1. The first-order chi connectivity index (χ1) is 13.0. The van der Waals surface area contributed by atoms with Crippen molar-refractivity contribution in [3.63, 3.8) is 0 Å². The van der Waals surface area contributed by atoms with Gasteiger partial charge in [-0.2, -0.15) is 4.31 Å². The van der Waals surface area contributed by atoms with Gasteiger partial charge in [-0.25, -0.2) is 8.42 Å². The Bertz CT molecular complexity index is 829. The maximum absolute atomic E-state index is 13.4. The average molecular weight is 428 g/mol. The van der Waals surface area contributed by atoms with Gasteiger partial charge in [-0.05, 0) is 51.7 Å². The van der Waals surface area contributed by atoms with Gasteiger partial charge in [0.1, 0.15) is 12.3 Å². The third-order valence-electron chi connectivity index (χ3n) is 4.11. The molecule has 1 aromatic rings. The molecule has 0 saturated heterocycles. The van der Waals surface area contributed by atoms with E-state index in [0.717, 1.165) is 9.87 Å². The Morgan fingerprint density at radius 3 is 2.32 bits per heavy atom. The van der Waals surface area contributed by atoms with Gasteiger partial charge in [0.05, 0.1) is 17.3 Å². The Kier molecular flexibility index (Phi) is 7.08. The van der Waals surface area contributed by atoms with Crippen LogP contribution in [0.5, 0.6) is 0 Å². The van der Waals surface area contributed by atoms with Crippen LogP contribution in [-0.4, -0.2) is 53.0 Å². The van der Waals surface area contributed by atoms with Gasteiger partial charge in [0.15, 0.2) is 0 Å². The normalized spacial score (nSPS) is 21.1. The summed E-state index contributed by atoms with van der Waals surface area (Å²) in [6.07, 6.45) is 0.758. The Hall–Kier alpha value is -1.68. The molecule has 7 nitrogen and oxygen atoms in total. The van der Waals surface area contributed by atoms with Crippen molar-refractivity contribution in [3.8, 4) is 0 Å². The van der Waals surface area contributed by atoms with Gasteiger partial charge in [0, 0.05) is 13.5 Å². The van der Waals surface area contributed by atoms with Crippen LogP contribution in [0.15, 0.2) is 41.0 Å². The van der Waals surface area contributed by atoms with E-state index in [1.165, 1.54) is 19.2 Å². The molecule has 2 atom stereocenters. The number of nitrogens with zero attached hydrogens (tertiary/aromatic N) is 1. The lowest BCUT2D eigenvalue weighted by molar-refractivity contribution is -0.151. The van der Waals surface area contributed by atoms with Gasteiger partial charge in [-0.1, -0.05) is 17.7 Å². The van der Waals surface area contributed by atoms with Crippen molar-refractivity contribution in [3.05, 3.63) is 41.7 Å². The average Bonchev–Trinajstić information content (AvgIpc) is 2.60. The minimum absolute atomic E-state index is 0.0948. The van der Waals surface area contributed by atoms with Gasteiger partial charge in [0.25, 0.3) is 0 Å². The molecule has 1 aliphatic rings. The molecule has 2 unspecified atom stereocenters. The van der Waals surface area contributed by atoms with E-state index >= 15 is 0 Å². The highest BCUT2D eigenvalue weighted by molar-refractivity contribution is 7.89. The van der Waals surface area contributed by atoms with Crippen molar-refractivity contribution in [1.29, 1.82) is 0 Å². The number of aryl methyl sites for hydroxylation is 1. The molecule has 2 rings (SSSR count). The highest BCUT2D eigenvalue weighted by Crippen LogP contribution is 2.32. The summed E-state index contributed by atoms with van der Waals surface area (Å²) in [6, 6.07) is 5.42. The molecule has 0 saturated carbocycles. The van der Waals surface area contributed by atoms with Gasteiger partial charge in [-0.3, -0.25) is 4.79 Å². The summed E-state index contributed by atoms with van der Waals surface area (Å²) >= 11 is 0. The van der Waals surface area contributed by atoms with Crippen molar-refractivity contribution >= 4 is 24.3 Å². The smallest absolute Gasteiger partial charge is 0.325 e. The van der Waals surface area contributed by atoms with Crippen molar-refractivity contribution in [1.82, 2.24) is 4.31 Å². The summed E-state index contributed by atoms with van der Waals surface area (Å²) < 4.78 is 44.4. The summed E-state index contributed by atoms with van der Waals surface area (Å²) in [6.45, 7) is 9.76. The van der Waals surface area contributed by atoms with Crippen LogP contribution in [0.4, 0.5) is 0 Å². The number of methoxy groups -OCH3 is 1. The lowest BCUT2D eigenvalue weighted by Crippen LogP contribution is -2.54. The minimum atomic E-state index is -4.00. The first-order valence-electron chi connectivity index (χ1n) is 9.19. The predicted molar refractivity (Wildman–Crippen MR) is 109 cm³/mol. The first kappa shape index (κ1) is 22.6. The van der Waals surface area contributed by atoms with Crippen molar-refractivity contribution in [2.75, 3.05) is 13.7 Å². The number of hydrogen-bond acceptors (Lipinski definition) is 6. The third-order valence-corrected chi connectivity index (χ3v) is 6.87. The zero-order valence-corrected chi connectivity index (χ0v) is 19.1. The van der Waals surface area contributed by atoms with Crippen LogP contribution in [-0.2, 0) is 28.7 Å². The highest BCUT2D eigenvalue weighted by atomic mass is 32.2. The molecule has 0 bridgehead atoms. The maximum Gasteiger partial charge on any atom is 0.325 e. The molecule has 156 valence electrons. The zero-order valence-electron chi connectivity index (χ0n) is 17.3. The number of benzene rings is 1. The number of rotatable bonds is 7. The van der Waals surface area contributed by atoms with E-state index < -0.39 is 36.6 Å². The molecule has 9 heteroatoms. The molecule has 0 aliphatic carbocycles. The van der Waals surface area contributed by atoms with Crippen molar-refractivity contribution in [2.24, 2.45) is 0 Å². The van der Waals surface area contributed by atoms with E-state index in [2.05, 4.69) is 0 Å². The maximum atomic E-state index is 13.4. The monoisotopic (exact) mass is 427 g/mol. The van der Waals surface area contributed by atoms with Gasteiger partial charge in [0.2, 0.25) is 18.3 Å². The molecule has 28 heavy (non-hydrogen) atoms. The SMILES string of the molecule is CCOC(=O)C1CC(O[Si](C)(C)C)=CC(OC)N1S(=O)(=O)c1ccc(C)cc1. The second kappa shape index (κ2) is 8.77. The van der Waals surface area contributed by atoms with E-state index in [1.54, 1.807) is 25.1 Å². The van der Waals surface area contributed by atoms with Crippen LogP contribution in [0.25, 0.3) is 0 Å². The van der Waals surface area contributed by atoms with Crippen molar-refractivity contribution < 1.29 is 27.1 Å². The van der Waals surface area contributed by atoms with Crippen LogP contribution >= 0.6 is 0 Å². The summed E-state index contributed by atoms with van der Waals surface area (Å²) in [5.41, 5.74) is 0.938. The van der Waals surface area contributed by atoms with Crippen LogP contribution in [0.2, 0.25) is 19.6 Å². The van der Waals surface area contributed by atoms with Crippen LogP contribution in [0.3, 0.4) is 0 Å². The Morgan fingerprint density at radius 1 is 1.21 bits per heavy atom. The van der Waals surface area contributed by atoms with Gasteiger partial charge < -0.3 is 13.9 Å². The Balaban J connectivity index is 2.52. The summed E-state index contributed by atoms with van der Waals surface area (Å²) in [5, 5.41) is 0. The summed E-state index contributed by atoms with van der Waals surface area (Å²) in [4.78, 5) is 12.8. The Morgan fingerprint density at radius 2 is 1.82 bits per heavy atom. The predicted octanol–water partition coefficient (Wildman–Crippen LogP) is 3.03. The fraction of sp³-hybridized carbons (Fsp3) is 0.526. The molecule has 0 fully saturated rings. The molecule has 0 radical (unpaired) electrons. The van der Waals surface area contributed by atoms with Gasteiger partial charge in [-0.15, -0.1) is 0 Å². The number of esters is 1. The largest absolute Gasteiger partial charge is 0.547 e. The summed E-state index contributed by atoms with van der Waals surface area (Å²) in [7, 11) is -4.55. The highest BCUT2D eigenvalue weighted by Gasteiger charge is 2.45. The van der Waals surface area contributed by atoms with E-state index in [9.17, 15) is 13.2 Å². The second-order valence-electron chi connectivity index (χ2n) is 7.59. The molecule has 0 N–H and O–H groups in total. The molecule has 1 aromatic carbocycles. The molecule has 0 aromatic heterocycles. The molecule has 0 amide bonds. The number of ether oxygens (including phenoxy) is 2. The van der Waals surface area contributed by atoms with Crippen LogP contribution < -0.4 is 0 Å². The Labute approximate surface area is 168 Å². The fourth-order valence-electron chi connectivity index (χ4n) is 2.96. The molecule has 1 heterocycles. The van der Waals surface area contributed by atoms with Crippen molar-refractivity contribution in [2.45, 2.75) is 57.1 Å². The van der Waals surface area contributed by atoms with E-state index in [1.807, 2.05) is 26.6 Å². The van der Waals surface area contributed by atoms with Gasteiger partial charge >= 0.3 is 5.97 Å². The quantitative estimate of drug-likeness (QED) is 0.491. The number of hydrogen-bond donors (Lipinski definition) is 0. The number of sulfonamides is 1. The van der Waals surface area contributed by atoms with Crippen LogP contribution in [0, 0.1) is 6.92 Å². The molecular formula is C19H29NO6SSi. The van der Waals surface area contributed by atoms with E-state index in [-0.39, 0.29) is 17.9 Å².